The molecule has 0 saturated carbocycles. The molecule has 4 rings (SSSR count). The van der Waals surface area contributed by atoms with E-state index >= 15 is 0 Å². The van der Waals surface area contributed by atoms with E-state index in [0.29, 0.717) is 34.2 Å². The molecule has 0 heterocycles. The molecule has 0 unspecified atom stereocenters. The molecule has 4 aromatic rings. The summed E-state index contributed by atoms with van der Waals surface area (Å²) in [7, 11) is 0. The van der Waals surface area contributed by atoms with Crippen LogP contribution in [0.3, 0.4) is 0 Å². The predicted octanol–water partition coefficient (Wildman–Crippen LogP) is 5.97. The zero-order valence-electron chi connectivity index (χ0n) is 22.5. The molecule has 0 amide bonds. The molecule has 8 nitrogen and oxygen atoms in total. The number of anilines is 4. The fourth-order valence-electron chi connectivity index (χ4n) is 3.17. The van der Waals surface area contributed by atoms with Gasteiger partial charge in [-0.05, 0) is 35.4 Å². The van der Waals surface area contributed by atoms with Gasteiger partial charge in [-0.25, -0.2) is 9.59 Å². The van der Waals surface area contributed by atoms with Gasteiger partial charge >= 0.3 is 11.9 Å². The van der Waals surface area contributed by atoms with Crippen molar-refractivity contribution in [2.75, 3.05) is 22.9 Å². The maximum Gasteiger partial charge on any atom is 0.336 e. The van der Waals surface area contributed by atoms with Crippen LogP contribution >= 0.6 is 0 Å². The number of carbonyl (C=O) groups is 2. The highest BCUT2D eigenvalue weighted by Gasteiger charge is 2.03. The van der Waals surface area contributed by atoms with Crippen LogP contribution < -0.4 is 32.4 Å². The van der Waals surface area contributed by atoms with Crippen molar-refractivity contribution in [3.8, 4) is 11.5 Å². The van der Waals surface area contributed by atoms with E-state index in [-0.39, 0.29) is 0 Å². The molecular formula is C32H34N4O4. The molecule has 0 aliphatic heterocycles. The number of hydrogen-bond donors (Lipinski definition) is 4. The van der Waals surface area contributed by atoms with Crippen molar-refractivity contribution >= 4 is 46.8 Å². The number of ether oxygens (including phenoxy) is 2. The number of carbonyl (C=O) groups excluding carboxylic acids is 2. The Hall–Kier alpha value is -5.50. The third-order valence-electron chi connectivity index (χ3n) is 4.76. The van der Waals surface area contributed by atoms with Crippen LogP contribution in [-0.4, -0.2) is 11.9 Å². The van der Waals surface area contributed by atoms with Crippen LogP contribution in [0.25, 0.3) is 12.2 Å². The number of nitrogen functional groups attached to an aromatic ring is 4. The standard InChI is InChI=1S/2C15H14N2O2.C2H6/c2*16-12-8-13(17)10-14(9-12)19-15(18)7-6-11-4-2-1-3-5-11;1-2/h2*1-10H,16-17H2;1-2H3/b2*7-6+;. The topological polar surface area (TPSA) is 157 Å². The van der Waals surface area contributed by atoms with E-state index in [1.807, 2.05) is 74.5 Å². The summed E-state index contributed by atoms with van der Waals surface area (Å²) in [5, 5.41) is 0. The summed E-state index contributed by atoms with van der Waals surface area (Å²) in [6, 6.07) is 28.3. The van der Waals surface area contributed by atoms with Gasteiger partial charge in [-0.1, -0.05) is 74.5 Å². The average molecular weight is 539 g/mol. The first kappa shape index (κ1) is 30.7. The highest BCUT2D eigenvalue weighted by molar-refractivity contribution is 5.89. The average Bonchev–Trinajstić information content (AvgIpc) is 2.92. The maximum absolute atomic E-state index is 11.6. The lowest BCUT2D eigenvalue weighted by molar-refractivity contribution is -0.129. The van der Waals surface area contributed by atoms with Crippen molar-refractivity contribution in [2.45, 2.75) is 13.8 Å². The van der Waals surface area contributed by atoms with Gasteiger partial charge in [-0.15, -0.1) is 0 Å². The SMILES string of the molecule is CC.Nc1cc(N)cc(OC(=O)/C=C/c2ccccc2)c1.Nc1cc(N)cc(OC(=O)/C=C/c2ccccc2)c1. The van der Waals surface area contributed by atoms with Gasteiger partial charge in [0.05, 0.1) is 0 Å². The molecule has 0 aliphatic carbocycles. The molecule has 8 heteroatoms. The molecule has 0 spiro atoms. The monoisotopic (exact) mass is 538 g/mol. The van der Waals surface area contributed by atoms with E-state index in [2.05, 4.69) is 0 Å². The van der Waals surface area contributed by atoms with E-state index in [0.717, 1.165) is 11.1 Å². The molecule has 8 N–H and O–H groups in total. The van der Waals surface area contributed by atoms with Crippen molar-refractivity contribution in [3.05, 3.63) is 120 Å². The molecule has 0 aromatic heterocycles. The lowest BCUT2D eigenvalue weighted by atomic mass is 10.2. The largest absolute Gasteiger partial charge is 0.423 e. The highest BCUT2D eigenvalue weighted by Crippen LogP contribution is 2.21. The van der Waals surface area contributed by atoms with Gasteiger partial charge in [0.15, 0.2) is 0 Å². The molecule has 206 valence electrons. The number of hydrogen-bond acceptors (Lipinski definition) is 8. The van der Waals surface area contributed by atoms with Gasteiger partial charge < -0.3 is 32.4 Å². The fourth-order valence-corrected chi connectivity index (χ4v) is 3.17. The number of rotatable bonds is 6. The Morgan fingerprint density at radius 2 is 0.825 bits per heavy atom. The zero-order chi connectivity index (χ0) is 29.3. The molecule has 0 atom stereocenters. The van der Waals surface area contributed by atoms with E-state index in [9.17, 15) is 9.59 Å². The number of benzene rings is 4. The Morgan fingerprint density at radius 3 is 1.12 bits per heavy atom. The zero-order valence-corrected chi connectivity index (χ0v) is 22.5. The second kappa shape index (κ2) is 16.4. The Labute approximate surface area is 234 Å². The van der Waals surface area contributed by atoms with Crippen LogP contribution in [0, 0.1) is 0 Å². The van der Waals surface area contributed by atoms with Crippen LogP contribution in [0.5, 0.6) is 11.5 Å². The van der Waals surface area contributed by atoms with E-state index in [1.54, 1.807) is 48.6 Å². The third kappa shape index (κ3) is 11.7. The minimum atomic E-state index is -0.478. The lowest BCUT2D eigenvalue weighted by Crippen LogP contribution is -2.04. The summed E-state index contributed by atoms with van der Waals surface area (Å²) in [5.41, 5.74) is 26.1. The van der Waals surface area contributed by atoms with Crippen molar-refractivity contribution in [2.24, 2.45) is 0 Å². The second-order valence-electron chi connectivity index (χ2n) is 8.00. The molecule has 40 heavy (non-hydrogen) atoms. The van der Waals surface area contributed by atoms with Gasteiger partial charge in [-0.3, -0.25) is 0 Å². The highest BCUT2D eigenvalue weighted by atomic mass is 16.5. The quantitative estimate of drug-likeness (QED) is 0.101. The van der Waals surface area contributed by atoms with Crippen LogP contribution in [0.15, 0.2) is 109 Å². The predicted molar refractivity (Wildman–Crippen MR) is 164 cm³/mol. The molecular weight excluding hydrogens is 504 g/mol. The first-order chi connectivity index (χ1) is 19.3. The molecule has 4 aromatic carbocycles. The van der Waals surface area contributed by atoms with Crippen molar-refractivity contribution in [1.82, 2.24) is 0 Å². The number of esters is 2. The van der Waals surface area contributed by atoms with Crippen molar-refractivity contribution in [3.63, 3.8) is 0 Å². The third-order valence-corrected chi connectivity index (χ3v) is 4.76. The van der Waals surface area contributed by atoms with Crippen LogP contribution in [0.1, 0.15) is 25.0 Å². The smallest absolute Gasteiger partial charge is 0.336 e. The summed E-state index contributed by atoms with van der Waals surface area (Å²) in [6.45, 7) is 4.00. The summed E-state index contributed by atoms with van der Waals surface area (Å²) < 4.78 is 10.2. The van der Waals surface area contributed by atoms with Crippen molar-refractivity contribution < 1.29 is 19.1 Å². The van der Waals surface area contributed by atoms with Gasteiger partial charge in [0, 0.05) is 59.2 Å². The van der Waals surface area contributed by atoms with Crippen LogP contribution in [0.2, 0.25) is 0 Å². The summed E-state index contributed by atoms with van der Waals surface area (Å²) >= 11 is 0. The van der Waals surface area contributed by atoms with Gasteiger partial charge in [-0.2, -0.15) is 0 Å². The van der Waals surface area contributed by atoms with Gasteiger partial charge in [0.1, 0.15) is 11.5 Å². The fraction of sp³-hybridized carbons (Fsp3) is 0.0625. The Balaban J connectivity index is 0.000000264. The maximum atomic E-state index is 11.6. The Morgan fingerprint density at radius 1 is 0.525 bits per heavy atom. The molecule has 0 fully saturated rings. The Bertz CT molecular complexity index is 1280. The van der Waals surface area contributed by atoms with Gasteiger partial charge in [0.2, 0.25) is 0 Å². The molecule has 0 radical (unpaired) electrons. The van der Waals surface area contributed by atoms with Crippen LogP contribution in [-0.2, 0) is 9.59 Å². The normalized spacial score (nSPS) is 10.2. The minimum absolute atomic E-state index is 0.334. The summed E-state index contributed by atoms with van der Waals surface area (Å²) in [6.07, 6.45) is 6.07. The first-order valence-corrected chi connectivity index (χ1v) is 12.5. The van der Waals surface area contributed by atoms with Gasteiger partial charge in [0.25, 0.3) is 0 Å². The van der Waals surface area contributed by atoms with E-state index in [4.69, 9.17) is 32.4 Å². The molecule has 0 bridgehead atoms. The minimum Gasteiger partial charge on any atom is -0.423 e. The second-order valence-corrected chi connectivity index (χ2v) is 8.00. The van der Waals surface area contributed by atoms with Crippen molar-refractivity contribution in [1.29, 1.82) is 0 Å². The van der Waals surface area contributed by atoms with Crippen LogP contribution in [0.4, 0.5) is 22.7 Å². The first-order valence-electron chi connectivity index (χ1n) is 12.5. The summed E-state index contributed by atoms with van der Waals surface area (Å²) in [4.78, 5) is 23.2. The summed E-state index contributed by atoms with van der Waals surface area (Å²) in [5.74, 6) is -0.289. The Kier molecular flexibility index (Phi) is 12.6. The number of nitrogens with two attached hydrogens (primary N) is 4. The van der Waals surface area contributed by atoms with E-state index < -0.39 is 11.9 Å². The van der Waals surface area contributed by atoms with E-state index in [1.165, 1.54) is 12.2 Å². The lowest BCUT2D eigenvalue weighted by Gasteiger charge is -2.04. The molecule has 0 saturated heterocycles. The molecule has 0 aliphatic rings.